The van der Waals surface area contributed by atoms with E-state index in [0.29, 0.717) is 0 Å². The van der Waals surface area contributed by atoms with Crippen LogP contribution in [-0.4, -0.2) is 23.1 Å². The Hall–Kier alpha value is -2.07. The molecule has 0 amide bonds. The summed E-state index contributed by atoms with van der Waals surface area (Å²) in [5.41, 5.74) is 3.10. The van der Waals surface area contributed by atoms with E-state index < -0.39 is 0 Å². The predicted octanol–water partition coefficient (Wildman–Crippen LogP) is 2.60. The highest BCUT2D eigenvalue weighted by atomic mass is 16.3. The molecule has 98 valence electrons. The fourth-order valence-electron chi connectivity index (χ4n) is 2.34. The molecule has 0 aliphatic carbocycles. The van der Waals surface area contributed by atoms with Crippen LogP contribution in [0.25, 0.3) is 22.2 Å². The first-order valence-electron chi connectivity index (χ1n) is 6.43. The first-order chi connectivity index (χ1) is 9.31. The van der Waals surface area contributed by atoms with Crippen LogP contribution in [-0.2, 0) is 13.5 Å². The number of fused-ring (bicyclic) bond motifs is 1. The monoisotopic (exact) mass is 255 g/mol. The lowest BCUT2D eigenvalue weighted by Gasteiger charge is -2.04. The summed E-state index contributed by atoms with van der Waals surface area (Å²) in [5.74, 6) is 1.08. The minimum absolute atomic E-state index is 0.912. The van der Waals surface area contributed by atoms with Crippen LogP contribution in [0.5, 0.6) is 0 Å². The van der Waals surface area contributed by atoms with E-state index in [0.717, 1.165) is 41.0 Å². The second-order valence-electron chi connectivity index (χ2n) is 4.62. The first kappa shape index (κ1) is 12.0. The second-order valence-corrected chi connectivity index (χ2v) is 4.62. The Morgan fingerprint density at radius 1 is 1.32 bits per heavy atom. The van der Waals surface area contributed by atoms with E-state index in [1.165, 1.54) is 0 Å². The smallest absolute Gasteiger partial charge is 0.134 e. The minimum atomic E-state index is 0.912. The van der Waals surface area contributed by atoms with E-state index in [1.54, 1.807) is 0 Å². The van der Waals surface area contributed by atoms with Gasteiger partial charge in [0, 0.05) is 31.0 Å². The lowest BCUT2D eigenvalue weighted by atomic mass is 10.1. The van der Waals surface area contributed by atoms with E-state index in [-0.39, 0.29) is 0 Å². The van der Waals surface area contributed by atoms with Gasteiger partial charge < -0.3 is 14.3 Å². The average Bonchev–Trinajstić information content (AvgIpc) is 3.00. The summed E-state index contributed by atoms with van der Waals surface area (Å²) in [5, 5.41) is 4.28. The molecule has 0 bridgehead atoms. The van der Waals surface area contributed by atoms with Gasteiger partial charge in [0.1, 0.15) is 17.7 Å². The fraction of sp³-hybridized carbons (Fsp3) is 0.267. The number of para-hydroxylation sites is 1. The van der Waals surface area contributed by atoms with Crippen molar-refractivity contribution < 1.29 is 4.42 Å². The molecule has 0 atom stereocenters. The summed E-state index contributed by atoms with van der Waals surface area (Å²) < 4.78 is 7.73. The Balaban J connectivity index is 2.04. The zero-order chi connectivity index (χ0) is 13.2. The van der Waals surface area contributed by atoms with Gasteiger partial charge in [-0.3, -0.25) is 0 Å². The summed E-state index contributed by atoms with van der Waals surface area (Å²) in [4.78, 5) is 4.50. The molecule has 0 saturated heterocycles. The molecule has 4 nitrogen and oxygen atoms in total. The zero-order valence-electron chi connectivity index (χ0n) is 11.2. The van der Waals surface area contributed by atoms with Gasteiger partial charge in [-0.1, -0.05) is 18.2 Å². The molecule has 2 heterocycles. The zero-order valence-corrected chi connectivity index (χ0v) is 11.2. The fourth-order valence-corrected chi connectivity index (χ4v) is 2.34. The molecule has 0 unspecified atom stereocenters. The van der Waals surface area contributed by atoms with E-state index in [4.69, 9.17) is 4.42 Å². The summed E-state index contributed by atoms with van der Waals surface area (Å²) in [6.45, 7) is 0.927. The van der Waals surface area contributed by atoms with Gasteiger partial charge in [0.2, 0.25) is 0 Å². The largest absolute Gasteiger partial charge is 0.464 e. The van der Waals surface area contributed by atoms with Crippen LogP contribution < -0.4 is 5.32 Å². The Morgan fingerprint density at radius 3 is 3.00 bits per heavy atom. The van der Waals surface area contributed by atoms with E-state index in [2.05, 4.69) is 28.0 Å². The molecular weight excluding hydrogens is 238 g/mol. The van der Waals surface area contributed by atoms with Gasteiger partial charge in [-0.25, -0.2) is 4.98 Å². The van der Waals surface area contributed by atoms with Crippen molar-refractivity contribution in [2.24, 2.45) is 7.05 Å². The number of hydrogen-bond donors (Lipinski definition) is 1. The maximum absolute atomic E-state index is 5.60. The van der Waals surface area contributed by atoms with Crippen molar-refractivity contribution in [1.82, 2.24) is 14.9 Å². The van der Waals surface area contributed by atoms with Crippen molar-refractivity contribution in [3.8, 4) is 11.3 Å². The molecule has 0 aliphatic heterocycles. The van der Waals surface area contributed by atoms with Crippen molar-refractivity contribution in [3.05, 3.63) is 42.5 Å². The topological polar surface area (TPSA) is 43.0 Å². The number of imidazole rings is 1. The van der Waals surface area contributed by atoms with Gasteiger partial charge in [0.15, 0.2) is 0 Å². The predicted molar refractivity (Wildman–Crippen MR) is 76.0 cm³/mol. The van der Waals surface area contributed by atoms with Gasteiger partial charge in [0.05, 0.1) is 11.9 Å². The highest BCUT2D eigenvalue weighted by Crippen LogP contribution is 2.30. The van der Waals surface area contributed by atoms with Crippen molar-refractivity contribution >= 4 is 11.0 Å². The number of rotatable bonds is 4. The molecular formula is C15H17N3O. The van der Waals surface area contributed by atoms with Gasteiger partial charge in [-0.2, -0.15) is 0 Å². The van der Waals surface area contributed by atoms with Crippen molar-refractivity contribution in [1.29, 1.82) is 0 Å². The molecule has 0 saturated carbocycles. The molecule has 3 rings (SSSR count). The molecule has 2 aromatic heterocycles. The second kappa shape index (κ2) is 4.90. The Bertz CT molecular complexity index is 696. The standard InChI is InChI=1S/C15H17N3O/c1-16-8-7-15-17-9-13(18(15)2)12-10-19-14-6-4-3-5-11(12)14/h3-6,9-10,16H,7-8H2,1-2H3. The normalized spacial score (nSPS) is 11.3. The molecule has 0 spiro atoms. The highest BCUT2D eigenvalue weighted by Gasteiger charge is 2.13. The number of furan rings is 1. The van der Waals surface area contributed by atoms with E-state index >= 15 is 0 Å². The molecule has 4 heteroatoms. The van der Waals surface area contributed by atoms with E-state index in [9.17, 15) is 0 Å². The lowest BCUT2D eigenvalue weighted by Crippen LogP contribution is -2.13. The molecule has 0 fully saturated rings. The van der Waals surface area contributed by atoms with Crippen LogP contribution in [0.3, 0.4) is 0 Å². The van der Waals surface area contributed by atoms with Crippen molar-refractivity contribution in [2.45, 2.75) is 6.42 Å². The third kappa shape index (κ3) is 2.04. The Labute approximate surface area is 112 Å². The summed E-state index contributed by atoms with van der Waals surface area (Å²) >= 11 is 0. The number of nitrogens with zero attached hydrogens (tertiary/aromatic N) is 2. The minimum Gasteiger partial charge on any atom is -0.464 e. The quantitative estimate of drug-likeness (QED) is 0.779. The van der Waals surface area contributed by atoms with Crippen LogP contribution in [0.2, 0.25) is 0 Å². The van der Waals surface area contributed by atoms with Gasteiger partial charge in [-0.05, 0) is 13.1 Å². The molecule has 19 heavy (non-hydrogen) atoms. The third-order valence-electron chi connectivity index (χ3n) is 3.44. The first-order valence-corrected chi connectivity index (χ1v) is 6.43. The lowest BCUT2D eigenvalue weighted by molar-refractivity contribution is 0.616. The summed E-state index contributed by atoms with van der Waals surface area (Å²) in [6.07, 6.45) is 4.65. The van der Waals surface area contributed by atoms with Crippen LogP contribution in [0, 0.1) is 0 Å². The summed E-state index contributed by atoms with van der Waals surface area (Å²) in [7, 11) is 4.00. The molecule has 3 aromatic rings. The number of hydrogen-bond acceptors (Lipinski definition) is 3. The van der Waals surface area contributed by atoms with Crippen molar-refractivity contribution in [2.75, 3.05) is 13.6 Å². The summed E-state index contributed by atoms with van der Waals surface area (Å²) in [6, 6.07) is 8.07. The molecule has 0 radical (unpaired) electrons. The molecule has 1 aromatic carbocycles. The Morgan fingerprint density at radius 2 is 2.16 bits per heavy atom. The third-order valence-corrected chi connectivity index (χ3v) is 3.44. The highest BCUT2D eigenvalue weighted by molar-refractivity contribution is 5.92. The van der Waals surface area contributed by atoms with Crippen LogP contribution in [0.15, 0.2) is 41.1 Å². The van der Waals surface area contributed by atoms with Crippen LogP contribution in [0.4, 0.5) is 0 Å². The molecule has 0 aliphatic rings. The maximum Gasteiger partial charge on any atom is 0.134 e. The number of likely N-dealkylation sites (N-methyl/N-ethyl adjacent to an activating group) is 1. The van der Waals surface area contributed by atoms with Crippen LogP contribution in [0.1, 0.15) is 5.82 Å². The van der Waals surface area contributed by atoms with Crippen molar-refractivity contribution in [3.63, 3.8) is 0 Å². The SMILES string of the molecule is CNCCc1ncc(-c2coc3ccccc23)n1C. The number of aromatic nitrogens is 2. The number of nitrogens with one attached hydrogen (secondary N) is 1. The maximum atomic E-state index is 5.60. The average molecular weight is 255 g/mol. The van der Waals surface area contributed by atoms with Gasteiger partial charge in [0.25, 0.3) is 0 Å². The molecule has 1 N–H and O–H groups in total. The number of benzene rings is 1. The van der Waals surface area contributed by atoms with E-state index in [1.807, 2.05) is 37.7 Å². The Kier molecular flexibility index (Phi) is 3.09. The van der Waals surface area contributed by atoms with Gasteiger partial charge in [-0.15, -0.1) is 0 Å². The van der Waals surface area contributed by atoms with Gasteiger partial charge >= 0.3 is 0 Å². The van der Waals surface area contributed by atoms with Crippen LogP contribution >= 0.6 is 0 Å².